The molecule has 1 N–H and O–H groups in total. The molecule has 3 rings (SSSR count). The van der Waals surface area contributed by atoms with Crippen LogP contribution < -0.4 is 5.32 Å². The Kier molecular flexibility index (Phi) is 3.24. The van der Waals surface area contributed by atoms with Gasteiger partial charge in [-0.05, 0) is 46.5 Å². The third-order valence-electron chi connectivity index (χ3n) is 2.91. The van der Waals surface area contributed by atoms with Crippen LogP contribution in [0.4, 0.5) is 5.69 Å². The van der Waals surface area contributed by atoms with Crippen LogP contribution in [0, 0.1) is 6.92 Å². The van der Waals surface area contributed by atoms with Crippen LogP contribution in [-0.2, 0) is 6.54 Å². The first-order chi connectivity index (χ1) is 9.34. The van der Waals surface area contributed by atoms with E-state index < -0.39 is 0 Å². The van der Waals surface area contributed by atoms with Crippen LogP contribution in [0.15, 0.2) is 42.0 Å². The van der Waals surface area contributed by atoms with Gasteiger partial charge in [-0.3, -0.25) is 0 Å². The van der Waals surface area contributed by atoms with Crippen molar-refractivity contribution in [3.05, 3.63) is 52.5 Å². The maximum Gasteiger partial charge on any atom is 0.143 e. The number of aromatic nitrogens is 4. The summed E-state index contributed by atoms with van der Waals surface area (Å²) in [5.41, 5.74) is 3.28. The van der Waals surface area contributed by atoms with E-state index in [0.717, 1.165) is 17.9 Å². The average Bonchev–Trinajstić information content (AvgIpc) is 3.08. The fourth-order valence-electron chi connectivity index (χ4n) is 1.86. The molecule has 0 fully saturated rings. The number of aryl methyl sites for hydroxylation is 1. The Morgan fingerprint density at radius 2 is 2.16 bits per heavy atom. The highest BCUT2D eigenvalue weighted by Crippen LogP contribution is 2.21. The molecule has 19 heavy (non-hydrogen) atoms. The molecule has 96 valence electrons. The van der Waals surface area contributed by atoms with Gasteiger partial charge in [0.05, 0.1) is 11.4 Å². The van der Waals surface area contributed by atoms with Crippen LogP contribution in [0.5, 0.6) is 0 Å². The standard InChI is InChI=1S/C13H13N5S/c1-10-6-7-19-13(10)8-14-11-4-2-3-5-12(11)18-9-15-16-17-18/h2-7,9,14H,8H2,1H3. The van der Waals surface area contributed by atoms with E-state index in [0.29, 0.717) is 0 Å². The smallest absolute Gasteiger partial charge is 0.143 e. The van der Waals surface area contributed by atoms with Crippen molar-refractivity contribution in [2.45, 2.75) is 13.5 Å². The van der Waals surface area contributed by atoms with E-state index in [1.807, 2.05) is 24.3 Å². The molecule has 0 aliphatic carbocycles. The molecular formula is C13H13N5S. The molecule has 0 atom stereocenters. The van der Waals surface area contributed by atoms with E-state index in [-0.39, 0.29) is 0 Å². The number of para-hydroxylation sites is 2. The minimum atomic E-state index is 0.808. The number of nitrogens with zero attached hydrogens (tertiary/aromatic N) is 4. The summed E-state index contributed by atoms with van der Waals surface area (Å²) in [5, 5.41) is 16.8. The van der Waals surface area contributed by atoms with Crippen molar-refractivity contribution < 1.29 is 0 Å². The molecule has 5 nitrogen and oxygen atoms in total. The molecule has 0 spiro atoms. The first-order valence-electron chi connectivity index (χ1n) is 5.94. The minimum absolute atomic E-state index is 0.808. The maximum absolute atomic E-state index is 3.93. The molecule has 0 bridgehead atoms. The average molecular weight is 271 g/mol. The molecule has 0 saturated heterocycles. The third kappa shape index (κ3) is 2.48. The summed E-state index contributed by atoms with van der Waals surface area (Å²) in [6.45, 7) is 2.93. The molecule has 0 amide bonds. The van der Waals surface area contributed by atoms with Gasteiger partial charge in [0.15, 0.2) is 0 Å². The van der Waals surface area contributed by atoms with E-state index in [1.54, 1.807) is 22.3 Å². The summed E-state index contributed by atoms with van der Waals surface area (Å²) in [6, 6.07) is 10.1. The number of hydrogen-bond acceptors (Lipinski definition) is 5. The lowest BCUT2D eigenvalue weighted by Gasteiger charge is -2.10. The highest BCUT2D eigenvalue weighted by atomic mass is 32.1. The summed E-state index contributed by atoms with van der Waals surface area (Å²) in [7, 11) is 0. The Labute approximate surface area is 114 Å². The number of anilines is 1. The first kappa shape index (κ1) is 11.9. The third-order valence-corrected chi connectivity index (χ3v) is 3.93. The lowest BCUT2D eigenvalue weighted by atomic mass is 10.2. The molecule has 6 heteroatoms. The quantitative estimate of drug-likeness (QED) is 0.792. The largest absolute Gasteiger partial charge is 0.378 e. The molecule has 1 aromatic carbocycles. The van der Waals surface area contributed by atoms with Gasteiger partial charge in [0, 0.05) is 11.4 Å². The predicted molar refractivity (Wildman–Crippen MR) is 75.5 cm³/mol. The molecule has 0 aliphatic rings. The zero-order valence-corrected chi connectivity index (χ0v) is 11.3. The molecule has 0 saturated carbocycles. The fraction of sp³-hybridized carbons (Fsp3) is 0.154. The van der Waals surface area contributed by atoms with Crippen molar-refractivity contribution in [3.8, 4) is 5.69 Å². The van der Waals surface area contributed by atoms with Gasteiger partial charge in [0.2, 0.25) is 0 Å². The Hall–Kier alpha value is -2.21. The predicted octanol–water partition coefficient (Wildman–Crippen LogP) is 2.64. The Bertz CT molecular complexity index is 659. The number of benzene rings is 1. The Morgan fingerprint density at radius 3 is 2.89 bits per heavy atom. The van der Waals surface area contributed by atoms with Crippen LogP contribution in [0.3, 0.4) is 0 Å². The molecule has 2 heterocycles. The number of nitrogens with one attached hydrogen (secondary N) is 1. The van der Waals surface area contributed by atoms with Gasteiger partial charge in [0.25, 0.3) is 0 Å². The van der Waals surface area contributed by atoms with Crippen LogP contribution >= 0.6 is 11.3 Å². The summed E-state index contributed by atoms with van der Waals surface area (Å²) in [6.07, 6.45) is 1.59. The number of thiophene rings is 1. The van der Waals surface area contributed by atoms with Gasteiger partial charge >= 0.3 is 0 Å². The maximum atomic E-state index is 3.93. The van der Waals surface area contributed by atoms with Crippen LogP contribution in [0.25, 0.3) is 5.69 Å². The highest BCUT2D eigenvalue weighted by molar-refractivity contribution is 7.10. The lowest BCUT2D eigenvalue weighted by Crippen LogP contribution is -2.04. The Morgan fingerprint density at radius 1 is 1.26 bits per heavy atom. The Balaban J connectivity index is 1.84. The van der Waals surface area contributed by atoms with E-state index in [9.17, 15) is 0 Å². The van der Waals surface area contributed by atoms with Crippen molar-refractivity contribution in [3.63, 3.8) is 0 Å². The van der Waals surface area contributed by atoms with Crippen molar-refractivity contribution in [2.24, 2.45) is 0 Å². The van der Waals surface area contributed by atoms with Gasteiger partial charge in [-0.2, -0.15) is 4.68 Å². The molecule has 0 unspecified atom stereocenters. The lowest BCUT2D eigenvalue weighted by molar-refractivity contribution is 0.789. The number of rotatable bonds is 4. The minimum Gasteiger partial charge on any atom is -0.378 e. The summed E-state index contributed by atoms with van der Waals surface area (Å²) in [5.74, 6) is 0. The van der Waals surface area contributed by atoms with E-state index in [1.165, 1.54) is 10.4 Å². The normalized spacial score (nSPS) is 10.6. The van der Waals surface area contributed by atoms with Crippen LogP contribution in [0.2, 0.25) is 0 Å². The second-order valence-electron chi connectivity index (χ2n) is 4.15. The van der Waals surface area contributed by atoms with Gasteiger partial charge < -0.3 is 5.32 Å². The highest BCUT2D eigenvalue weighted by Gasteiger charge is 2.06. The fourth-order valence-corrected chi connectivity index (χ4v) is 2.70. The van der Waals surface area contributed by atoms with E-state index >= 15 is 0 Å². The molecule has 2 aromatic heterocycles. The van der Waals surface area contributed by atoms with Crippen molar-refractivity contribution in [2.75, 3.05) is 5.32 Å². The van der Waals surface area contributed by atoms with Crippen LogP contribution in [0.1, 0.15) is 10.4 Å². The molecule has 0 aliphatic heterocycles. The van der Waals surface area contributed by atoms with Gasteiger partial charge in [-0.15, -0.1) is 16.4 Å². The van der Waals surface area contributed by atoms with Gasteiger partial charge in [-0.25, -0.2) is 0 Å². The zero-order chi connectivity index (χ0) is 13.1. The van der Waals surface area contributed by atoms with Crippen molar-refractivity contribution in [1.29, 1.82) is 0 Å². The van der Waals surface area contributed by atoms with Gasteiger partial charge in [0.1, 0.15) is 6.33 Å². The zero-order valence-electron chi connectivity index (χ0n) is 10.4. The SMILES string of the molecule is Cc1ccsc1CNc1ccccc1-n1cnnn1. The second kappa shape index (κ2) is 5.19. The number of tetrazole rings is 1. The van der Waals surface area contributed by atoms with Crippen molar-refractivity contribution >= 4 is 17.0 Å². The van der Waals surface area contributed by atoms with Crippen LogP contribution in [-0.4, -0.2) is 20.2 Å². The molecular weight excluding hydrogens is 258 g/mol. The molecule has 3 aromatic rings. The summed E-state index contributed by atoms with van der Waals surface area (Å²) in [4.78, 5) is 1.34. The molecule has 0 radical (unpaired) electrons. The van der Waals surface area contributed by atoms with Crippen molar-refractivity contribution in [1.82, 2.24) is 20.2 Å². The topological polar surface area (TPSA) is 55.6 Å². The first-order valence-corrected chi connectivity index (χ1v) is 6.82. The monoisotopic (exact) mass is 271 g/mol. The summed E-state index contributed by atoms with van der Waals surface area (Å²) < 4.78 is 1.66. The van der Waals surface area contributed by atoms with E-state index in [4.69, 9.17) is 0 Å². The van der Waals surface area contributed by atoms with E-state index in [2.05, 4.69) is 39.2 Å². The summed E-state index contributed by atoms with van der Waals surface area (Å²) >= 11 is 1.76. The second-order valence-corrected chi connectivity index (χ2v) is 5.15. The number of hydrogen-bond donors (Lipinski definition) is 1. The van der Waals surface area contributed by atoms with Gasteiger partial charge in [-0.1, -0.05) is 12.1 Å².